The van der Waals surface area contributed by atoms with Crippen LogP contribution in [-0.4, -0.2) is 19.2 Å². The van der Waals surface area contributed by atoms with Crippen LogP contribution in [0.2, 0.25) is 0 Å². The van der Waals surface area contributed by atoms with Crippen molar-refractivity contribution >= 4 is 5.65 Å². The van der Waals surface area contributed by atoms with Crippen molar-refractivity contribution in [3.63, 3.8) is 0 Å². The van der Waals surface area contributed by atoms with Crippen LogP contribution in [0.3, 0.4) is 0 Å². The number of nitrogens with one attached hydrogen (secondary N) is 1. The van der Waals surface area contributed by atoms with Crippen molar-refractivity contribution in [2.45, 2.75) is 13.1 Å². The van der Waals surface area contributed by atoms with Crippen LogP contribution in [0.5, 0.6) is 0 Å². The fraction of sp³-hybridized carbons (Fsp3) is 0.231. The van der Waals surface area contributed by atoms with E-state index < -0.39 is 0 Å². The highest BCUT2D eigenvalue weighted by Gasteiger charge is 2.04. The topological polar surface area (TPSA) is 47.2 Å². The van der Waals surface area contributed by atoms with Gasteiger partial charge in [0.2, 0.25) is 0 Å². The van der Waals surface area contributed by atoms with Crippen molar-refractivity contribution in [3.8, 4) is 0 Å². The molecule has 0 aromatic carbocycles. The molecule has 1 N–H and O–H groups in total. The molecule has 0 aliphatic heterocycles. The molecule has 5 nitrogen and oxygen atoms in total. The predicted molar refractivity (Wildman–Crippen MR) is 68.9 cm³/mol. The Labute approximate surface area is 105 Å². The predicted octanol–water partition coefficient (Wildman–Crippen LogP) is 1.36. The van der Waals surface area contributed by atoms with Crippen LogP contribution in [0, 0.1) is 0 Å². The Hall–Kier alpha value is -2.14. The fourth-order valence-electron chi connectivity index (χ4n) is 1.99. The molecule has 3 rings (SSSR count). The summed E-state index contributed by atoms with van der Waals surface area (Å²) >= 11 is 0. The molecular weight excluding hydrogens is 226 g/mol. The summed E-state index contributed by atoms with van der Waals surface area (Å²) in [5, 5.41) is 11.7. The minimum atomic E-state index is 0.705. The second-order valence-corrected chi connectivity index (χ2v) is 4.26. The molecule has 0 fully saturated rings. The molecule has 0 atom stereocenters. The number of hydrogen-bond acceptors (Lipinski definition) is 3. The SMILES string of the molecule is Cn1cccc1CNCc1nnc2ccccn12. The first-order valence-electron chi connectivity index (χ1n) is 5.94. The molecule has 0 saturated heterocycles. The summed E-state index contributed by atoms with van der Waals surface area (Å²) in [6, 6.07) is 10.0. The van der Waals surface area contributed by atoms with E-state index in [9.17, 15) is 0 Å². The van der Waals surface area contributed by atoms with Gasteiger partial charge in [0.15, 0.2) is 11.5 Å². The van der Waals surface area contributed by atoms with E-state index in [-0.39, 0.29) is 0 Å². The molecule has 92 valence electrons. The van der Waals surface area contributed by atoms with Gasteiger partial charge in [-0.1, -0.05) is 6.07 Å². The summed E-state index contributed by atoms with van der Waals surface area (Å²) in [7, 11) is 2.05. The normalized spacial score (nSPS) is 11.2. The summed E-state index contributed by atoms with van der Waals surface area (Å²) in [6.45, 7) is 1.53. The lowest BCUT2D eigenvalue weighted by atomic mass is 10.4. The zero-order chi connectivity index (χ0) is 12.4. The average Bonchev–Trinajstić information content (AvgIpc) is 2.97. The smallest absolute Gasteiger partial charge is 0.160 e. The van der Waals surface area contributed by atoms with Crippen LogP contribution in [0.15, 0.2) is 42.7 Å². The zero-order valence-electron chi connectivity index (χ0n) is 10.2. The molecule has 5 heteroatoms. The maximum atomic E-state index is 4.18. The van der Waals surface area contributed by atoms with Crippen LogP contribution in [0.1, 0.15) is 11.5 Å². The van der Waals surface area contributed by atoms with Crippen LogP contribution < -0.4 is 5.32 Å². The molecule has 0 unspecified atom stereocenters. The molecule has 18 heavy (non-hydrogen) atoms. The monoisotopic (exact) mass is 241 g/mol. The first-order chi connectivity index (χ1) is 8.84. The largest absolute Gasteiger partial charge is 0.353 e. The Morgan fingerprint density at radius 1 is 1.06 bits per heavy atom. The lowest BCUT2D eigenvalue weighted by Crippen LogP contribution is -2.16. The Morgan fingerprint density at radius 2 is 2.00 bits per heavy atom. The van der Waals surface area contributed by atoms with Gasteiger partial charge in [0, 0.05) is 31.7 Å². The first kappa shape index (κ1) is 11.0. The van der Waals surface area contributed by atoms with Gasteiger partial charge < -0.3 is 9.88 Å². The quantitative estimate of drug-likeness (QED) is 0.750. The minimum Gasteiger partial charge on any atom is -0.353 e. The van der Waals surface area contributed by atoms with Crippen molar-refractivity contribution in [1.82, 2.24) is 24.5 Å². The highest BCUT2D eigenvalue weighted by atomic mass is 15.3. The van der Waals surface area contributed by atoms with Crippen molar-refractivity contribution in [1.29, 1.82) is 0 Å². The second-order valence-electron chi connectivity index (χ2n) is 4.26. The standard InChI is InChI=1S/C13H15N5/c1-17-7-4-5-11(17)9-14-10-13-16-15-12-6-2-3-8-18(12)13/h2-8,14H,9-10H2,1H3. The molecule has 0 spiro atoms. The highest BCUT2D eigenvalue weighted by molar-refractivity contribution is 5.36. The number of aromatic nitrogens is 4. The van der Waals surface area contributed by atoms with Gasteiger partial charge in [-0.25, -0.2) is 0 Å². The van der Waals surface area contributed by atoms with Crippen LogP contribution in [0.4, 0.5) is 0 Å². The van der Waals surface area contributed by atoms with Gasteiger partial charge in [-0.2, -0.15) is 0 Å². The van der Waals surface area contributed by atoms with Gasteiger partial charge in [-0.3, -0.25) is 4.40 Å². The molecule has 0 bridgehead atoms. The van der Waals surface area contributed by atoms with Gasteiger partial charge in [-0.15, -0.1) is 10.2 Å². The molecule has 0 amide bonds. The van der Waals surface area contributed by atoms with Crippen molar-refractivity contribution in [2.75, 3.05) is 0 Å². The maximum absolute atomic E-state index is 4.18. The second kappa shape index (κ2) is 4.62. The van der Waals surface area contributed by atoms with Gasteiger partial charge in [0.1, 0.15) is 0 Å². The summed E-state index contributed by atoms with van der Waals surface area (Å²) in [4.78, 5) is 0. The van der Waals surface area contributed by atoms with E-state index in [2.05, 4.69) is 26.1 Å². The Bertz CT molecular complexity index is 652. The summed E-state index contributed by atoms with van der Waals surface area (Å²) < 4.78 is 4.10. The van der Waals surface area contributed by atoms with E-state index in [1.807, 2.05) is 48.1 Å². The third kappa shape index (κ3) is 2.00. The number of pyridine rings is 1. The van der Waals surface area contributed by atoms with Crippen molar-refractivity contribution in [3.05, 3.63) is 54.2 Å². The Balaban J connectivity index is 1.68. The Morgan fingerprint density at radius 3 is 2.83 bits per heavy atom. The lowest BCUT2D eigenvalue weighted by Gasteiger charge is -2.05. The van der Waals surface area contributed by atoms with E-state index >= 15 is 0 Å². The van der Waals surface area contributed by atoms with Gasteiger partial charge in [0.25, 0.3) is 0 Å². The minimum absolute atomic E-state index is 0.705. The Kier molecular flexibility index (Phi) is 2.82. The number of nitrogens with zero attached hydrogens (tertiary/aromatic N) is 4. The maximum Gasteiger partial charge on any atom is 0.160 e. The first-order valence-corrected chi connectivity index (χ1v) is 5.94. The number of rotatable bonds is 4. The van der Waals surface area contributed by atoms with Crippen LogP contribution >= 0.6 is 0 Å². The number of hydrogen-bond donors (Lipinski definition) is 1. The summed E-state index contributed by atoms with van der Waals surface area (Å²) in [5.41, 5.74) is 2.14. The number of fused-ring (bicyclic) bond motifs is 1. The van der Waals surface area contributed by atoms with Gasteiger partial charge in [-0.05, 0) is 24.3 Å². The summed E-state index contributed by atoms with van der Waals surface area (Å²) in [6.07, 6.45) is 4.03. The third-order valence-electron chi connectivity index (χ3n) is 3.02. The molecule has 0 saturated carbocycles. The van der Waals surface area contributed by atoms with E-state index in [0.29, 0.717) is 6.54 Å². The van der Waals surface area contributed by atoms with Gasteiger partial charge >= 0.3 is 0 Å². The molecule has 0 aliphatic carbocycles. The van der Waals surface area contributed by atoms with Crippen molar-refractivity contribution in [2.24, 2.45) is 7.05 Å². The third-order valence-corrected chi connectivity index (χ3v) is 3.02. The van der Waals surface area contributed by atoms with E-state index in [1.54, 1.807) is 0 Å². The van der Waals surface area contributed by atoms with Crippen molar-refractivity contribution < 1.29 is 0 Å². The highest BCUT2D eigenvalue weighted by Crippen LogP contribution is 2.03. The average molecular weight is 241 g/mol. The zero-order valence-corrected chi connectivity index (χ0v) is 10.2. The van der Waals surface area contributed by atoms with E-state index in [1.165, 1.54) is 5.69 Å². The lowest BCUT2D eigenvalue weighted by molar-refractivity contribution is 0.629. The molecular formula is C13H15N5. The fourth-order valence-corrected chi connectivity index (χ4v) is 1.99. The van der Waals surface area contributed by atoms with E-state index in [0.717, 1.165) is 18.0 Å². The molecule has 3 heterocycles. The molecule has 0 radical (unpaired) electrons. The van der Waals surface area contributed by atoms with Gasteiger partial charge in [0.05, 0.1) is 6.54 Å². The van der Waals surface area contributed by atoms with Crippen LogP contribution in [0.25, 0.3) is 5.65 Å². The molecule has 0 aliphatic rings. The summed E-state index contributed by atoms with van der Waals surface area (Å²) in [5.74, 6) is 0.930. The van der Waals surface area contributed by atoms with Crippen LogP contribution in [-0.2, 0) is 20.1 Å². The molecule has 3 aromatic heterocycles. The van der Waals surface area contributed by atoms with E-state index in [4.69, 9.17) is 0 Å². The number of aryl methyl sites for hydroxylation is 1. The molecule has 3 aromatic rings.